The number of amides is 1. The van der Waals surface area contributed by atoms with E-state index in [0.29, 0.717) is 41.8 Å². The number of carboxylic acids is 1. The maximum absolute atomic E-state index is 14.4. The van der Waals surface area contributed by atoms with E-state index in [9.17, 15) is 14.0 Å². The van der Waals surface area contributed by atoms with E-state index >= 15 is 0 Å². The Kier molecular flexibility index (Phi) is 11.4. The number of likely N-dealkylation sites (tertiary alicyclic amines) is 1. The van der Waals surface area contributed by atoms with Crippen LogP contribution < -0.4 is 10.6 Å². The number of ether oxygens (including phenoxy) is 1. The van der Waals surface area contributed by atoms with E-state index in [0.717, 1.165) is 38.0 Å². The Morgan fingerprint density at radius 3 is 2.53 bits per heavy atom. The van der Waals surface area contributed by atoms with Crippen LogP contribution in [-0.2, 0) is 9.59 Å². The molecule has 10 heteroatoms. The summed E-state index contributed by atoms with van der Waals surface area (Å²) >= 11 is 1.18. The average Bonchev–Trinajstić information content (AvgIpc) is 2.92. The van der Waals surface area contributed by atoms with Crippen LogP contribution in [0.25, 0.3) is 0 Å². The SMILES string of the molecule is C=C(S/C(=N\N)c1ccc(OCCN2CCC(C(=O)O)CC2)cc1)N(CCCC)C(=O)C1C=CC=CC1F. The number of allylic oxidation sites excluding steroid dienone is 3. The van der Waals surface area contributed by atoms with Crippen LogP contribution in [0.2, 0.25) is 0 Å². The Morgan fingerprint density at radius 2 is 1.92 bits per heavy atom. The quantitative estimate of drug-likeness (QED) is 0.174. The van der Waals surface area contributed by atoms with Crippen LogP contribution >= 0.6 is 11.8 Å². The number of hydrogen-bond acceptors (Lipinski definition) is 7. The highest BCUT2D eigenvalue weighted by Gasteiger charge is 2.31. The molecule has 0 spiro atoms. The summed E-state index contributed by atoms with van der Waals surface area (Å²) < 4.78 is 20.3. The first-order chi connectivity index (χ1) is 18.3. The molecule has 8 nitrogen and oxygen atoms in total. The van der Waals surface area contributed by atoms with E-state index in [1.165, 1.54) is 22.7 Å². The predicted molar refractivity (Wildman–Crippen MR) is 149 cm³/mol. The number of halogens is 1. The number of carboxylic acid groups (broad SMARTS) is 1. The first-order valence-electron chi connectivity index (χ1n) is 13.0. The molecule has 0 saturated carbocycles. The van der Waals surface area contributed by atoms with Gasteiger partial charge >= 0.3 is 5.97 Å². The van der Waals surface area contributed by atoms with Crippen LogP contribution in [0.3, 0.4) is 0 Å². The van der Waals surface area contributed by atoms with Crippen LogP contribution in [0.4, 0.5) is 4.39 Å². The molecule has 2 unspecified atom stereocenters. The summed E-state index contributed by atoms with van der Waals surface area (Å²) in [5.41, 5.74) is 0.744. The molecule has 2 atom stereocenters. The first kappa shape index (κ1) is 29.4. The second-order valence-corrected chi connectivity index (χ2v) is 10.4. The highest BCUT2D eigenvalue weighted by molar-refractivity contribution is 8.17. The van der Waals surface area contributed by atoms with Gasteiger partial charge in [-0.05, 0) is 62.7 Å². The lowest BCUT2D eigenvalue weighted by atomic mass is 9.97. The van der Waals surface area contributed by atoms with Gasteiger partial charge in [0.05, 0.1) is 16.9 Å². The van der Waals surface area contributed by atoms with E-state index in [2.05, 4.69) is 16.6 Å². The normalized spacial score (nSPS) is 20.3. The molecule has 3 N–H and O–H groups in total. The maximum Gasteiger partial charge on any atom is 0.306 e. The van der Waals surface area contributed by atoms with Gasteiger partial charge in [-0.25, -0.2) is 4.39 Å². The van der Waals surface area contributed by atoms with Gasteiger partial charge in [0.2, 0.25) is 5.91 Å². The minimum atomic E-state index is -1.37. The van der Waals surface area contributed by atoms with E-state index in [1.807, 2.05) is 31.2 Å². The summed E-state index contributed by atoms with van der Waals surface area (Å²) in [5, 5.41) is 14.0. The van der Waals surface area contributed by atoms with Crippen LogP contribution in [0.1, 0.15) is 38.2 Å². The molecule has 0 aromatic heterocycles. The lowest BCUT2D eigenvalue weighted by Gasteiger charge is -2.29. The lowest BCUT2D eigenvalue weighted by molar-refractivity contribution is -0.143. The molecule has 1 aromatic carbocycles. The van der Waals surface area contributed by atoms with Crippen molar-refractivity contribution in [2.75, 3.05) is 32.8 Å². The Balaban J connectivity index is 1.54. The minimum absolute atomic E-state index is 0.245. The highest BCUT2D eigenvalue weighted by Crippen LogP contribution is 2.29. The third kappa shape index (κ3) is 8.19. The van der Waals surface area contributed by atoms with Crippen molar-refractivity contribution in [2.24, 2.45) is 22.8 Å². The van der Waals surface area contributed by atoms with Crippen molar-refractivity contribution in [1.82, 2.24) is 9.80 Å². The topological polar surface area (TPSA) is 108 Å². The summed E-state index contributed by atoms with van der Waals surface area (Å²) in [6.07, 6.45) is 7.84. The number of piperidine rings is 1. The van der Waals surface area contributed by atoms with Crippen LogP contribution in [0, 0.1) is 11.8 Å². The Bertz CT molecular complexity index is 1050. The van der Waals surface area contributed by atoms with Gasteiger partial charge in [-0.15, -0.1) is 0 Å². The highest BCUT2D eigenvalue weighted by atomic mass is 32.2. The summed E-state index contributed by atoms with van der Waals surface area (Å²) in [7, 11) is 0. The molecule has 1 aliphatic heterocycles. The predicted octanol–water partition coefficient (Wildman–Crippen LogP) is 4.40. The summed E-state index contributed by atoms with van der Waals surface area (Å²) in [5.74, 6) is 4.21. The molecule has 1 amide bonds. The maximum atomic E-state index is 14.4. The van der Waals surface area contributed by atoms with Gasteiger partial charge in [0.15, 0.2) is 0 Å². The van der Waals surface area contributed by atoms with Gasteiger partial charge in [0.1, 0.15) is 23.6 Å². The lowest BCUT2D eigenvalue weighted by Crippen LogP contribution is -2.38. The fourth-order valence-corrected chi connectivity index (χ4v) is 5.19. The second kappa shape index (κ2) is 14.7. The van der Waals surface area contributed by atoms with Crippen molar-refractivity contribution in [2.45, 2.75) is 38.8 Å². The average molecular weight is 545 g/mol. The standard InChI is InChI=1S/C28H37FN4O4S/c1-3-4-15-33(27(34)24-7-5-6-8-25(24)29)20(2)38-26(31-30)21-9-11-23(12-10-21)37-19-18-32-16-13-22(14-17-32)28(35)36/h5-12,22,24-25H,2-4,13-19,30H2,1H3,(H,35,36)/b31-26-. The van der Waals surface area contributed by atoms with Crippen molar-refractivity contribution < 1.29 is 23.8 Å². The van der Waals surface area contributed by atoms with Gasteiger partial charge < -0.3 is 20.6 Å². The van der Waals surface area contributed by atoms with Crippen LogP contribution in [-0.4, -0.2) is 70.8 Å². The van der Waals surface area contributed by atoms with Crippen LogP contribution in [0.5, 0.6) is 5.75 Å². The largest absolute Gasteiger partial charge is 0.492 e. The Morgan fingerprint density at radius 1 is 1.24 bits per heavy atom. The molecule has 1 saturated heterocycles. The number of nitrogens with zero attached hydrogens (tertiary/aromatic N) is 3. The molecule has 0 bridgehead atoms. The number of carbonyl (C=O) groups is 2. The zero-order valence-electron chi connectivity index (χ0n) is 21.8. The van der Waals surface area contributed by atoms with E-state index in [4.69, 9.17) is 15.7 Å². The van der Waals surface area contributed by atoms with E-state index in [1.54, 1.807) is 18.2 Å². The molecule has 1 aliphatic carbocycles. The molecule has 1 fully saturated rings. The minimum Gasteiger partial charge on any atom is -0.492 e. The van der Waals surface area contributed by atoms with Crippen molar-refractivity contribution >= 4 is 28.7 Å². The number of alkyl halides is 1. The molecule has 3 rings (SSSR count). The number of hydrogen-bond donors (Lipinski definition) is 2. The van der Waals surface area contributed by atoms with Crippen molar-refractivity contribution in [3.63, 3.8) is 0 Å². The number of carbonyl (C=O) groups excluding carboxylic acids is 1. The zero-order chi connectivity index (χ0) is 27.5. The fourth-order valence-electron chi connectivity index (χ4n) is 4.37. The number of unbranched alkanes of at least 4 members (excludes halogenated alkanes) is 1. The van der Waals surface area contributed by atoms with Gasteiger partial charge in [-0.1, -0.05) is 49.9 Å². The van der Waals surface area contributed by atoms with Gasteiger partial charge in [0.25, 0.3) is 0 Å². The number of hydrazone groups is 1. The smallest absolute Gasteiger partial charge is 0.306 e. The Hall–Kier alpha value is -3.11. The molecule has 1 heterocycles. The van der Waals surface area contributed by atoms with Gasteiger partial charge in [0, 0.05) is 18.7 Å². The summed E-state index contributed by atoms with van der Waals surface area (Å²) in [6, 6.07) is 7.33. The monoisotopic (exact) mass is 544 g/mol. The van der Waals surface area contributed by atoms with Crippen molar-refractivity contribution in [3.8, 4) is 5.75 Å². The third-order valence-corrected chi connectivity index (χ3v) is 7.69. The zero-order valence-corrected chi connectivity index (χ0v) is 22.6. The van der Waals surface area contributed by atoms with Gasteiger partial charge in [-0.3, -0.25) is 14.5 Å². The van der Waals surface area contributed by atoms with Crippen molar-refractivity contribution in [3.05, 3.63) is 65.7 Å². The fraction of sp³-hybridized carbons (Fsp3) is 0.464. The molecule has 206 valence electrons. The van der Waals surface area contributed by atoms with Crippen LogP contribution in [0.15, 0.2) is 65.3 Å². The van der Waals surface area contributed by atoms with Crippen molar-refractivity contribution in [1.29, 1.82) is 0 Å². The number of thioether (sulfide) groups is 1. The Labute approximate surface area is 228 Å². The number of rotatable bonds is 12. The first-order valence-corrected chi connectivity index (χ1v) is 13.8. The van der Waals surface area contributed by atoms with Gasteiger partial charge in [-0.2, -0.15) is 5.10 Å². The molecular formula is C28H37FN4O4S. The number of nitrogens with two attached hydrogens (primary N) is 1. The summed E-state index contributed by atoms with van der Waals surface area (Å²) in [4.78, 5) is 28.0. The number of aliphatic carboxylic acids is 1. The second-order valence-electron chi connectivity index (χ2n) is 9.34. The van der Waals surface area contributed by atoms with E-state index in [-0.39, 0.29) is 11.8 Å². The van der Waals surface area contributed by atoms with E-state index < -0.39 is 18.1 Å². The third-order valence-electron chi connectivity index (χ3n) is 6.70. The molecule has 1 aromatic rings. The molecule has 2 aliphatic rings. The summed E-state index contributed by atoms with van der Waals surface area (Å²) in [6.45, 7) is 9.28. The molecular weight excluding hydrogens is 507 g/mol. The number of benzene rings is 1. The molecule has 38 heavy (non-hydrogen) atoms. The molecule has 0 radical (unpaired) electrons.